The summed E-state index contributed by atoms with van der Waals surface area (Å²) in [5, 5.41) is 11.1. The van der Waals surface area contributed by atoms with Gasteiger partial charge in [-0.2, -0.15) is 18.3 Å². The van der Waals surface area contributed by atoms with Crippen LogP contribution in [0.3, 0.4) is 0 Å². The van der Waals surface area contributed by atoms with Crippen molar-refractivity contribution in [1.29, 1.82) is 0 Å². The van der Waals surface area contributed by atoms with Gasteiger partial charge in [0.25, 0.3) is 5.91 Å². The first-order valence-corrected chi connectivity index (χ1v) is 15.6. The van der Waals surface area contributed by atoms with Crippen LogP contribution in [0.1, 0.15) is 54.4 Å². The van der Waals surface area contributed by atoms with Gasteiger partial charge in [-0.25, -0.2) is 19.6 Å². The smallest absolute Gasteiger partial charge is 0.383 e. The number of benzene rings is 1. The number of aromatic nitrogens is 5. The molecule has 0 bridgehead atoms. The highest BCUT2D eigenvalue weighted by Gasteiger charge is 2.39. The van der Waals surface area contributed by atoms with Crippen molar-refractivity contribution in [2.45, 2.75) is 50.2 Å². The lowest BCUT2D eigenvalue weighted by molar-refractivity contribution is -0.137. The van der Waals surface area contributed by atoms with Crippen LogP contribution in [0, 0.1) is 0 Å². The third kappa shape index (κ3) is 7.20. The Balaban J connectivity index is 1.19. The summed E-state index contributed by atoms with van der Waals surface area (Å²) in [5.41, 5.74) is 7.23. The van der Waals surface area contributed by atoms with Crippen molar-refractivity contribution in [2.75, 3.05) is 50.4 Å². The first-order chi connectivity index (χ1) is 22.6. The number of hydrogen-bond acceptors (Lipinski definition) is 9. The zero-order valence-corrected chi connectivity index (χ0v) is 25.7. The lowest BCUT2D eigenvalue weighted by Gasteiger charge is -2.30. The average Bonchev–Trinajstić information content (AvgIpc) is 3.70. The van der Waals surface area contributed by atoms with E-state index in [2.05, 4.69) is 30.5 Å². The molecule has 0 spiro atoms. The van der Waals surface area contributed by atoms with Gasteiger partial charge < -0.3 is 21.1 Å². The number of carbonyl (C=O) groups is 2. The highest BCUT2D eigenvalue weighted by atomic mass is 19.4. The van der Waals surface area contributed by atoms with E-state index in [-0.39, 0.29) is 28.6 Å². The highest BCUT2D eigenvalue weighted by Crippen LogP contribution is 2.43. The third-order valence-electron chi connectivity index (χ3n) is 8.84. The van der Waals surface area contributed by atoms with E-state index in [1.54, 1.807) is 24.3 Å². The van der Waals surface area contributed by atoms with Crippen LogP contribution in [-0.2, 0) is 21.2 Å². The molecule has 248 valence electrons. The Hall–Kier alpha value is -4.63. The second kappa shape index (κ2) is 13.6. The van der Waals surface area contributed by atoms with E-state index in [1.807, 2.05) is 4.68 Å². The number of nitrogen functional groups attached to an aromatic ring is 1. The molecule has 15 heteroatoms. The van der Waals surface area contributed by atoms with Crippen LogP contribution in [-0.4, -0.2) is 80.8 Å². The van der Waals surface area contributed by atoms with Gasteiger partial charge in [0.05, 0.1) is 36.2 Å². The predicted octanol–water partition coefficient (Wildman–Crippen LogP) is 4.24. The Labute approximate surface area is 268 Å². The fourth-order valence-electron chi connectivity index (χ4n) is 6.41. The Kier molecular flexibility index (Phi) is 9.36. The molecule has 1 aliphatic heterocycles. The van der Waals surface area contributed by atoms with Crippen molar-refractivity contribution >= 4 is 34.5 Å². The number of carbonyl (C=O) groups excluding carboxylic acids is 2. The molecule has 2 amide bonds. The summed E-state index contributed by atoms with van der Waals surface area (Å²) < 4.78 is 46.6. The molecule has 1 aromatic carbocycles. The number of amides is 2. The molecule has 4 N–H and O–H groups in total. The number of nitrogens with two attached hydrogens (primary N) is 1. The van der Waals surface area contributed by atoms with Crippen molar-refractivity contribution in [3.63, 3.8) is 0 Å². The number of fused-ring (bicyclic) bond motifs is 1. The molecule has 12 nitrogen and oxygen atoms in total. The number of halogens is 3. The summed E-state index contributed by atoms with van der Waals surface area (Å²) in [6, 6.07) is 8.16. The van der Waals surface area contributed by atoms with Gasteiger partial charge in [-0.3, -0.25) is 14.5 Å². The number of rotatable bonds is 10. The Morgan fingerprint density at radius 3 is 2.49 bits per heavy atom. The maximum absolute atomic E-state index is 13.1. The minimum absolute atomic E-state index is 0.00271. The number of alkyl halides is 3. The van der Waals surface area contributed by atoms with Crippen LogP contribution in [0.4, 0.5) is 24.8 Å². The summed E-state index contributed by atoms with van der Waals surface area (Å²) in [4.78, 5) is 40.1. The van der Waals surface area contributed by atoms with Gasteiger partial charge in [-0.15, -0.1) is 0 Å². The fraction of sp³-hybridized carbons (Fsp3) is 0.438. The second-order valence-corrected chi connectivity index (χ2v) is 12.0. The molecule has 0 unspecified atom stereocenters. The molecule has 1 saturated carbocycles. The van der Waals surface area contributed by atoms with E-state index in [1.165, 1.54) is 6.33 Å². The zero-order valence-electron chi connectivity index (χ0n) is 25.7. The number of ether oxygens (including phenoxy) is 1. The van der Waals surface area contributed by atoms with Crippen molar-refractivity contribution in [2.24, 2.45) is 0 Å². The van der Waals surface area contributed by atoms with Crippen molar-refractivity contribution < 1.29 is 27.5 Å². The lowest BCUT2D eigenvalue weighted by atomic mass is 9.91. The molecule has 2 fully saturated rings. The number of anilines is 2. The third-order valence-corrected chi connectivity index (χ3v) is 8.84. The zero-order chi connectivity index (χ0) is 33.0. The van der Waals surface area contributed by atoms with Crippen molar-refractivity contribution in [3.8, 4) is 11.3 Å². The minimum atomic E-state index is -4.56. The van der Waals surface area contributed by atoms with Crippen LogP contribution >= 0.6 is 0 Å². The van der Waals surface area contributed by atoms with Crippen molar-refractivity contribution in [3.05, 3.63) is 60.0 Å². The van der Waals surface area contributed by atoms with Crippen LogP contribution in [0.2, 0.25) is 0 Å². The summed E-state index contributed by atoms with van der Waals surface area (Å²) in [6.07, 6.45) is 3.27. The molecule has 0 radical (unpaired) electrons. The number of nitrogens with one attached hydrogen (secondary N) is 2. The minimum Gasteiger partial charge on any atom is -0.383 e. The number of pyridine rings is 1. The fourth-order valence-corrected chi connectivity index (χ4v) is 6.41. The Morgan fingerprint density at radius 2 is 1.77 bits per heavy atom. The Bertz CT molecular complexity index is 1730. The maximum Gasteiger partial charge on any atom is 0.416 e. The number of nitrogens with zero attached hydrogens (tertiary/aromatic N) is 6. The molecule has 6 rings (SSSR count). The van der Waals surface area contributed by atoms with Crippen LogP contribution in [0.25, 0.3) is 22.3 Å². The van der Waals surface area contributed by atoms with Crippen LogP contribution < -0.4 is 16.4 Å². The van der Waals surface area contributed by atoms with E-state index in [0.29, 0.717) is 48.6 Å². The van der Waals surface area contributed by atoms with E-state index >= 15 is 0 Å². The number of hydrogen-bond donors (Lipinski definition) is 3. The van der Waals surface area contributed by atoms with Gasteiger partial charge in [0, 0.05) is 37.0 Å². The molecular formula is C32H36F3N9O3. The predicted molar refractivity (Wildman–Crippen MR) is 168 cm³/mol. The maximum atomic E-state index is 13.1. The van der Waals surface area contributed by atoms with Gasteiger partial charge >= 0.3 is 6.18 Å². The van der Waals surface area contributed by atoms with Crippen LogP contribution in [0.15, 0.2) is 48.9 Å². The number of morpholine rings is 1. The van der Waals surface area contributed by atoms with Crippen LogP contribution in [0.5, 0.6) is 0 Å². The lowest BCUT2D eigenvalue weighted by Crippen LogP contribution is -2.43. The van der Waals surface area contributed by atoms with Gasteiger partial charge in [-0.05, 0) is 49.9 Å². The Morgan fingerprint density at radius 1 is 1.02 bits per heavy atom. The first-order valence-electron chi connectivity index (χ1n) is 15.6. The first kappa shape index (κ1) is 32.3. The molecule has 4 aromatic rings. The van der Waals surface area contributed by atoms with E-state index < -0.39 is 17.6 Å². The van der Waals surface area contributed by atoms with Gasteiger partial charge in [0.1, 0.15) is 23.7 Å². The van der Waals surface area contributed by atoms with Gasteiger partial charge in [0.2, 0.25) is 5.91 Å². The molecule has 3 aromatic heterocycles. The average molecular weight is 652 g/mol. The van der Waals surface area contributed by atoms with E-state index in [0.717, 1.165) is 69.9 Å². The molecule has 0 atom stereocenters. The standard InChI is InChI=1S/C32H36F3N9O3/c33-32(34,35)23-8-13-37-24(18-23)41-30(46)22-6-4-21(5-7-22)27-26-28(36)39-20-40-29(26)44(42-27)31(9-1-2-10-31)11-3-12-38-25(45)19-43-14-16-47-17-15-43/h4-8,13,18,20H,1-3,9-12,14-17,19H2,(H,38,45)(H2,36,39,40)(H,37,41,46). The highest BCUT2D eigenvalue weighted by molar-refractivity contribution is 6.04. The molecule has 2 aliphatic rings. The SMILES string of the molecule is Nc1ncnc2c1c(-c1ccc(C(=O)Nc3cc(C(F)(F)F)ccn3)cc1)nn2C1(CCCNC(=O)CN2CCOCC2)CCCC1. The van der Waals surface area contributed by atoms with Gasteiger partial charge in [0.15, 0.2) is 5.65 Å². The van der Waals surface area contributed by atoms with E-state index in [4.69, 9.17) is 15.6 Å². The monoisotopic (exact) mass is 651 g/mol. The normalized spacial score (nSPS) is 16.7. The molecule has 1 saturated heterocycles. The second-order valence-electron chi connectivity index (χ2n) is 12.0. The topological polar surface area (TPSA) is 153 Å². The van der Waals surface area contributed by atoms with Gasteiger partial charge in [-0.1, -0.05) is 25.0 Å². The summed E-state index contributed by atoms with van der Waals surface area (Å²) >= 11 is 0. The molecule has 4 heterocycles. The molecular weight excluding hydrogens is 615 g/mol. The van der Waals surface area contributed by atoms with E-state index in [9.17, 15) is 22.8 Å². The quantitative estimate of drug-likeness (QED) is 0.214. The molecule has 1 aliphatic carbocycles. The summed E-state index contributed by atoms with van der Waals surface area (Å²) in [5.74, 6) is -0.536. The largest absolute Gasteiger partial charge is 0.416 e. The molecule has 47 heavy (non-hydrogen) atoms. The summed E-state index contributed by atoms with van der Waals surface area (Å²) in [7, 11) is 0. The summed E-state index contributed by atoms with van der Waals surface area (Å²) in [6.45, 7) is 3.70. The van der Waals surface area contributed by atoms with Crippen molar-refractivity contribution in [1.82, 2.24) is 34.9 Å².